The molecule has 4 heteroatoms. The maximum absolute atomic E-state index is 11.9. The molecule has 98 valence electrons. The highest BCUT2D eigenvalue weighted by Crippen LogP contribution is 2.23. The van der Waals surface area contributed by atoms with Crippen LogP contribution in [0.4, 0.5) is 5.82 Å². The lowest BCUT2D eigenvalue weighted by Gasteiger charge is -2.04. The SMILES string of the molecule is Cc1cc(NC(=O)Cc2ccc3c(c2)CCC3)no1. The van der Waals surface area contributed by atoms with Crippen molar-refractivity contribution in [2.75, 3.05) is 5.32 Å². The fourth-order valence-electron chi connectivity index (χ4n) is 2.53. The van der Waals surface area contributed by atoms with Crippen LogP contribution in [0.15, 0.2) is 28.8 Å². The number of aryl methyl sites for hydroxylation is 3. The Morgan fingerprint density at radius 1 is 1.32 bits per heavy atom. The maximum Gasteiger partial charge on any atom is 0.230 e. The molecule has 0 aliphatic heterocycles. The summed E-state index contributed by atoms with van der Waals surface area (Å²) in [5, 5.41) is 6.48. The van der Waals surface area contributed by atoms with Crippen LogP contribution >= 0.6 is 0 Å². The number of hydrogen-bond acceptors (Lipinski definition) is 3. The second kappa shape index (κ2) is 4.88. The molecule has 0 saturated heterocycles. The number of fused-ring (bicyclic) bond motifs is 1. The lowest BCUT2D eigenvalue weighted by atomic mass is 10.0. The smallest absolute Gasteiger partial charge is 0.230 e. The van der Waals surface area contributed by atoms with Gasteiger partial charge in [0.15, 0.2) is 5.82 Å². The molecule has 0 bridgehead atoms. The zero-order chi connectivity index (χ0) is 13.2. The lowest BCUT2D eigenvalue weighted by Crippen LogP contribution is -2.14. The van der Waals surface area contributed by atoms with Crippen molar-refractivity contribution in [2.45, 2.75) is 32.6 Å². The van der Waals surface area contributed by atoms with Crippen LogP contribution in [0.3, 0.4) is 0 Å². The summed E-state index contributed by atoms with van der Waals surface area (Å²) in [4.78, 5) is 11.9. The zero-order valence-corrected chi connectivity index (χ0v) is 10.9. The van der Waals surface area contributed by atoms with Gasteiger partial charge in [-0.2, -0.15) is 0 Å². The number of nitrogens with one attached hydrogen (secondary N) is 1. The molecule has 1 aromatic heterocycles. The fraction of sp³-hybridized carbons (Fsp3) is 0.333. The summed E-state index contributed by atoms with van der Waals surface area (Å²) in [6.45, 7) is 1.79. The van der Waals surface area contributed by atoms with E-state index in [0.29, 0.717) is 18.0 Å². The Balaban J connectivity index is 1.66. The standard InChI is InChI=1S/C15H16N2O2/c1-10-7-14(17-19-10)16-15(18)9-11-5-6-12-3-2-4-13(12)8-11/h5-8H,2-4,9H2,1H3,(H,16,17,18). The fourth-order valence-corrected chi connectivity index (χ4v) is 2.53. The first-order chi connectivity index (χ1) is 9.20. The molecule has 0 fully saturated rings. The van der Waals surface area contributed by atoms with Crippen molar-refractivity contribution >= 4 is 11.7 Å². The summed E-state index contributed by atoms with van der Waals surface area (Å²) < 4.78 is 4.91. The normalized spacial score (nSPS) is 13.3. The Morgan fingerprint density at radius 3 is 2.95 bits per heavy atom. The van der Waals surface area contributed by atoms with Gasteiger partial charge >= 0.3 is 0 Å². The van der Waals surface area contributed by atoms with E-state index in [-0.39, 0.29) is 5.91 Å². The highest BCUT2D eigenvalue weighted by Gasteiger charge is 2.12. The average Bonchev–Trinajstić information content (AvgIpc) is 2.97. The summed E-state index contributed by atoms with van der Waals surface area (Å²) in [6.07, 6.45) is 3.90. The minimum absolute atomic E-state index is 0.0637. The van der Waals surface area contributed by atoms with Crippen molar-refractivity contribution < 1.29 is 9.32 Å². The first-order valence-electron chi connectivity index (χ1n) is 6.54. The van der Waals surface area contributed by atoms with E-state index in [9.17, 15) is 4.79 Å². The molecule has 1 aliphatic rings. The van der Waals surface area contributed by atoms with E-state index >= 15 is 0 Å². The van der Waals surface area contributed by atoms with E-state index in [1.54, 1.807) is 13.0 Å². The van der Waals surface area contributed by atoms with Gasteiger partial charge in [0.2, 0.25) is 5.91 Å². The first-order valence-corrected chi connectivity index (χ1v) is 6.54. The average molecular weight is 256 g/mol. The number of aromatic nitrogens is 1. The molecule has 1 amide bonds. The van der Waals surface area contributed by atoms with Gasteiger partial charge in [-0.25, -0.2) is 0 Å². The third kappa shape index (κ3) is 2.67. The molecule has 0 radical (unpaired) electrons. The summed E-state index contributed by atoms with van der Waals surface area (Å²) >= 11 is 0. The second-order valence-corrected chi connectivity index (χ2v) is 5.00. The summed E-state index contributed by atoms with van der Waals surface area (Å²) in [5.41, 5.74) is 3.87. The maximum atomic E-state index is 11.9. The van der Waals surface area contributed by atoms with Crippen LogP contribution in [-0.2, 0) is 24.1 Å². The molecule has 3 rings (SSSR count). The van der Waals surface area contributed by atoms with E-state index in [1.165, 1.54) is 24.0 Å². The molecule has 1 N–H and O–H groups in total. The number of carbonyl (C=O) groups is 1. The minimum Gasteiger partial charge on any atom is -0.360 e. The van der Waals surface area contributed by atoms with Crippen molar-refractivity contribution in [3.63, 3.8) is 0 Å². The number of anilines is 1. The molecule has 0 atom stereocenters. The molecular weight excluding hydrogens is 240 g/mol. The molecule has 1 aliphatic carbocycles. The molecule has 0 spiro atoms. The Morgan fingerprint density at radius 2 is 2.16 bits per heavy atom. The van der Waals surface area contributed by atoms with E-state index in [2.05, 4.69) is 22.6 Å². The van der Waals surface area contributed by atoms with Crippen molar-refractivity contribution in [3.8, 4) is 0 Å². The van der Waals surface area contributed by atoms with E-state index < -0.39 is 0 Å². The predicted octanol–water partition coefficient (Wildman–Crippen LogP) is 2.65. The molecule has 1 heterocycles. The topological polar surface area (TPSA) is 55.1 Å². The quantitative estimate of drug-likeness (QED) is 0.918. The van der Waals surface area contributed by atoms with Crippen LogP contribution in [0.5, 0.6) is 0 Å². The van der Waals surface area contributed by atoms with Gasteiger partial charge in [-0.1, -0.05) is 23.4 Å². The number of rotatable bonds is 3. The van der Waals surface area contributed by atoms with Crippen LogP contribution in [0.2, 0.25) is 0 Å². The van der Waals surface area contributed by atoms with Gasteiger partial charge in [0.05, 0.1) is 6.42 Å². The van der Waals surface area contributed by atoms with Gasteiger partial charge in [-0.05, 0) is 42.9 Å². The molecule has 19 heavy (non-hydrogen) atoms. The monoisotopic (exact) mass is 256 g/mol. The lowest BCUT2D eigenvalue weighted by molar-refractivity contribution is -0.115. The molecule has 2 aromatic rings. The van der Waals surface area contributed by atoms with Crippen molar-refractivity contribution in [3.05, 3.63) is 46.7 Å². The number of nitrogens with zero attached hydrogens (tertiary/aromatic N) is 1. The summed E-state index contributed by atoms with van der Waals surface area (Å²) in [6, 6.07) is 8.04. The van der Waals surface area contributed by atoms with Gasteiger partial charge in [0, 0.05) is 6.07 Å². The van der Waals surface area contributed by atoms with Gasteiger partial charge < -0.3 is 9.84 Å². The molecule has 4 nitrogen and oxygen atoms in total. The Kier molecular flexibility index (Phi) is 3.07. The highest BCUT2D eigenvalue weighted by molar-refractivity contribution is 5.91. The third-order valence-corrected chi connectivity index (χ3v) is 3.42. The van der Waals surface area contributed by atoms with Crippen LogP contribution in [0.25, 0.3) is 0 Å². The largest absolute Gasteiger partial charge is 0.360 e. The van der Waals surface area contributed by atoms with Crippen molar-refractivity contribution in [2.24, 2.45) is 0 Å². The van der Waals surface area contributed by atoms with Gasteiger partial charge in [-0.3, -0.25) is 4.79 Å². The third-order valence-electron chi connectivity index (χ3n) is 3.42. The van der Waals surface area contributed by atoms with Gasteiger partial charge in [0.25, 0.3) is 0 Å². The molecular formula is C15H16N2O2. The van der Waals surface area contributed by atoms with Gasteiger partial charge in [0.1, 0.15) is 5.76 Å². The van der Waals surface area contributed by atoms with Crippen LogP contribution in [-0.4, -0.2) is 11.1 Å². The summed E-state index contributed by atoms with van der Waals surface area (Å²) in [7, 11) is 0. The van der Waals surface area contributed by atoms with Crippen LogP contribution < -0.4 is 5.32 Å². The Labute approximate surface area is 111 Å². The van der Waals surface area contributed by atoms with Crippen LogP contribution in [0.1, 0.15) is 28.9 Å². The molecule has 1 aromatic carbocycles. The van der Waals surface area contributed by atoms with E-state index in [1.807, 2.05) is 6.07 Å². The minimum atomic E-state index is -0.0637. The van der Waals surface area contributed by atoms with E-state index in [0.717, 1.165) is 12.0 Å². The first kappa shape index (κ1) is 12.0. The number of hydrogen-bond donors (Lipinski definition) is 1. The van der Waals surface area contributed by atoms with Crippen molar-refractivity contribution in [1.82, 2.24) is 5.16 Å². The number of amides is 1. The predicted molar refractivity (Wildman–Crippen MR) is 72.0 cm³/mol. The Bertz CT molecular complexity index is 616. The van der Waals surface area contributed by atoms with Crippen molar-refractivity contribution in [1.29, 1.82) is 0 Å². The zero-order valence-electron chi connectivity index (χ0n) is 10.9. The van der Waals surface area contributed by atoms with Gasteiger partial charge in [-0.15, -0.1) is 0 Å². The Hall–Kier alpha value is -2.10. The second-order valence-electron chi connectivity index (χ2n) is 5.00. The number of carbonyl (C=O) groups excluding carboxylic acids is 1. The van der Waals surface area contributed by atoms with Crippen LogP contribution in [0, 0.1) is 6.92 Å². The molecule has 0 unspecified atom stereocenters. The van der Waals surface area contributed by atoms with E-state index in [4.69, 9.17) is 4.52 Å². The molecule has 0 saturated carbocycles. The highest BCUT2D eigenvalue weighted by atomic mass is 16.5. The number of benzene rings is 1. The summed E-state index contributed by atoms with van der Waals surface area (Å²) in [5.74, 6) is 1.10.